The van der Waals surface area contributed by atoms with E-state index >= 15 is 0 Å². The number of rotatable bonds is 3. The fourth-order valence-electron chi connectivity index (χ4n) is 2.27. The molecular weight excluding hydrogens is 292 g/mol. The number of pyridine rings is 1. The Hall–Kier alpha value is -1.77. The SMILES string of the molecule is Cn1cc(S(=O)(=O)N2CCO[C@H](c3ccccn3)C2)cn1. The van der Waals surface area contributed by atoms with Crippen molar-refractivity contribution < 1.29 is 13.2 Å². The summed E-state index contributed by atoms with van der Waals surface area (Å²) in [7, 11) is -1.85. The second kappa shape index (κ2) is 5.55. The van der Waals surface area contributed by atoms with E-state index in [4.69, 9.17) is 4.74 Å². The van der Waals surface area contributed by atoms with Gasteiger partial charge in [-0.3, -0.25) is 9.67 Å². The van der Waals surface area contributed by atoms with Crippen LogP contribution in [0.2, 0.25) is 0 Å². The van der Waals surface area contributed by atoms with Crippen LogP contribution >= 0.6 is 0 Å². The fourth-order valence-corrected chi connectivity index (χ4v) is 3.68. The van der Waals surface area contributed by atoms with Gasteiger partial charge in [-0.2, -0.15) is 9.40 Å². The number of nitrogens with zero attached hydrogens (tertiary/aromatic N) is 4. The third kappa shape index (κ3) is 2.82. The Morgan fingerprint density at radius 2 is 2.24 bits per heavy atom. The lowest BCUT2D eigenvalue weighted by atomic mass is 10.2. The van der Waals surface area contributed by atoms with Gasteiger partial charge in [0.2, 0.25) is 10.0 Å². The highest BCUT2D eigenvalue weighted by molar-refractivity contribution is 7.89. The quantitative estimate of drug-likeness (QED) is 0.829. The van der Waals surface area contributed by atoms with Gasteiger partial charge in [0.15, 0.2) is 0 Å². The second-order valence-electron chi connectivity index (χ2n) is 4.83. The molecule has 7 nitrogen and oxygen atoms in total. The molecule has 0 bridgehead atoms. The lowest BCUT2D eigenvalue weighted by molar-refractivity contribution is -0.00493. The van der Waals surface area contributed by atoms with Crippen LogP contribution in [-0.2, 0) is 21.8 Å². The van der Waals surface area contributed by atoms with E-state index in [2.05, 4.69) is 10.1 Å². The molecule has 1 aliphatic heterocycles. The molecule has 21 heavy (non-hydrogen) atoms. The Kier molecular flexibility index (Phi) is 3.75. The third-order valence-corrected chi connectivity index (χ3v) is 5.18. The normalized spacial score (nSPS) is 20.5. The number of ether oxygens (including phenoxy) is 1. The Morgan fingerprint density at radius 3 is 2.90 bits per heavy atom. The lowest BCUT2D eigenvalue weighted by Gasteiger charge is -2.31. The average Bonchev–Trinajstić information content (AvgIpc) is 2.96. The van der Waals surface area contributed by atoms with Crippen LogP contribution in [-0.4, -0.2) is 47.2 Å². The van der Waals surface area contributed by atoms with Crippen molar-refractivity contribution in [2.75, 3.05) is 19.7 Å². The van der Waals surface area contributed by atoms with Crippen molar-refractivity contribution in [1.29, 1.82) is 0 Å². The summed E-state index contributed by atoms with van der Waals surface area (Å²) in [5, 5.41) is 3.92. The van der Waals surface area contributed by atoms with Crippen LogP contribution in [0.5, 0.6) is 0 Å². The minimum absolute atomic E-state index is 0.201. The Morgan fingerprint density at radius 1 is 1.38 bits per heavy atom. The smallest absolute Gasteiger partial charge is 0.246 e. The van der Waals surface area contributed by atoms with Crippen LogP contribution in [0.15, 0.2) is 41.7 Å². The van der Waals surface area contributed by atoms with E-state index in [0.717, 1.165) is 5.69 Å². The maximum Gasteiger partial charge on any atom is 0.246 e. The first-order valence-corrected chi connectivity index (χ1v) is 8.03. The first-order valence-electron chi connectivity index (χ1n) is 6.59. The van der Waals surface area contributed by atoms with E-state index in [1.807, 2.05) is 18.2 Å². The summed E-state index contributed by atoms with van der Waals surface area (Å²) >= 11 is 0. The highest BCUT2D eigenvalue weighted by Crippen LogP contribution is 2.24. The van der Waals surface area contributed by atoms with E-state index in [0.29, 0.717) is 13.2 Å². The third-order valence-electron chi connectivity index (χ3n) is 3.37. The zero-order chi connectivity index (χ0) is 14.9. The predicted molar refractivity (Wildman–Crippen MR) is 74.9 cm³/mol. The molecule has 2 aromatic rings. The molecular formula is C13H16N4O3S. The van der Waals surface area contributed by atoms with Gasteiger partial charge in [0, 0.05) is 32.5 Å². The molecule has 1 aliphatic rings. The number of aromatic nitrogens is 3. The van der Waals surface area contributed by atoms with Gasteiger partial charge in [-0.15, -0.1) is 0 Å². The number of morpholine rings is 1. The minimum atomic E-state index is -3.54. The Labute approximate surface area is 123 Å². The molecule has 112 valence electrons. The van der Waals surface area contributed by atoms with E-state index in [1.165, 1.54) is 21.4 Å². The summed E-state index contributed by atoms with van der Waals surface area (Å²) in [5.41, 5.74) is 0.739. The summed E-state index contributed by atoms with van der Waals surface area (Å²) in [4.78, 5) is 4.43. The summed E-state index contributed by atoms with van der Waals surface area (Å²) < 4.78 is 33.7. The highest BCUT2D eigenvalue weighted by Gasteiger charge is 2.32. The zero-order valence-electron chi connectivity index (χ0n) is 11.6. The van der Waals surface area contributed by atoms with Gasteiger partial charge in [-0.25, -0.2) is 8.42 Å². The summed E-state index contributed by atoms with van der Waals surface area (Å²) in [6, 6.07) is 5.52. The van der Waals surface area contributed by atoms with Crippen LogP contribution in [0.4, 0.5) is 0 Å². The van der Waals surface area contributed by atoms with E-state index < -0.39 is 10.0 Å². The molecule has 0 spiro atoms. The van der Waals surface area contributed by atoms with Crippen molar-refractivity contribution in [1.82, 2.24) is 19.1 Å². The monoisotopic (exact) mass is 308 g/mol. The van der Waals surface area contributed by atoms with E-state index in [9.17, 15) is 8.42 Å². The molecule has 2 aromatic heterocycles. The number of hydrogen-bond acceptors (Lipinski definition) is 5. The van der Waals surface area contributed by atoms with Gasteiger partial charge in [0.05, 0.1) is 18.5 Å². The molecule has 3 rings (SSSR count). The number of sulfonamides is 1. The van der Waals surface area contributed by atoms with Crippen LogP contribution in [0, 0.1) is 0 Å². The van der Waals surface area contributed by atoms with Crippen molar-refractivity contribution in [2.24, 2.45) is 7.05 Å². The maximum atomic E-state index is 12.6. The van der Waals surface area contributed by atoms with E-state index in [1.54, 1.807) is 13.2 Å². The van der Waals surface area contributed by atoms with Crippen LogP contribution < -0.4 is 0 Å². The largest absolute Gasteiger partial charge is 0.369 e. The second-order valence-corrected chi connectivity index (χ2v) is 6.76. The fraction of sp³-hybridized carbons (Fsp3) is 0.385. The predicted octanol–water partition coefficient (Wildman–Crippen LogP) is 0.577. The van der Waals surface area contributed by atoms with Crippen LogP contribution in [0.3, 0.4) is 0 Å². The van der Waals surface area contributed by atoms with Crippen molar-refractivity contribution in [3.05, 3.63) is 42.5 Å². The first kappa shape index (κ1) is 14.2. The average molecular weight is 308 g/mol. The zero-order valence-corrected chi connectivity index (χ0v) is 12.4. The minimum Gasteiger partial charge on any atom is -0.369 e. The summed E-state index contributed by atoms with van der Waals surface area (Å²) in [5.74, 6) is 0. The van der Waals surface area contributed by atoms with Crippen LogP contribution in [0.25, 0.3) is 0 Å². The molecule has 8 heteroatoms. The van der Waals surface area contributed by atoms with E-state index in [-0.39, 0.29) is 17.5 Å². The van der Waals surface area contributed by atoms with Crippen molar-refractivity contribution in [3.8, 4) is 0 Å². The molecule has 1 atom stereocenters. The maximum absolute atomic E-state index is 12.6. The van der Waals surface area contributed by atoms with Crippen molar-refractivity contribution in [2.45, 2.75) is 11.0 Å². The number of hydrogen-bond donors (Lipinski definition) is 0. The molecule has 0 unspecified atom stereocenters. The standard InChI is InChI=1S/C13H16N4O3S/c1-16-9-11(8-15-16)21(18,19)17-6-7-20-13(10-17)12-4-2-3-5-14-12/h2-5,8-9,13H,6-7,10H2,1H3/t13-/m0/s1. The topological polar surface area (TPSA) is 77.3 Å². The van der Waals surface area contributed by atoms with Gasteiger partial charge in [0.25, 0.3) is 0 Å². The van der Waals surface area contributed by atoms with Gasteiger partial charge >= 0.3 is 0 Å². The Bertz CT molecular complexity index is 714. The molecule has 1 fully saturated rings. The lowest BCUT2D eigenvalue weighted by Crippen LogP contribution is -2.42. The molecule has 0 saturated carbocycles. The van der Waals surface area contributed by atoms with Gasteiger partial charge < -0.3 is 4.74 Å². The van der Waals surface area contributed by atoms with Gasteiger partial charge in [0.1, 0.15) is 11.0 Å². The van der Waals surface area contributed by atoms with Crippen LogP contribution in [0.1, 0.15) is 11.8 Å². The molecule has 3 heterocycles. The molecule has 1 saturated heterocycles. The molecule has 0 aliphatic carbocycles. The van der Waals surface area contributed by atoms with Gasteiger partial charge in [-0.1, -0.05) is 6.07 Å². The summed E-state index contributed by atoms with van der Waals surface area (Å²) in [6.07, 6.45) is 4.19. The molecule has 0 N–H and O–H groups in total. The highest BCUT2D eigenvalue weighted by atomic mass is 32.2. The molecule has 0 radical (unpaired) electrons. The molecule has 0 amide bonds. The number of aryl methyl sites for hydroxylation is 1. The molecule has 0 aromatic carbocycles. The van der Waals surface area contributed by atoms with Crippen molar-refractivity contribution >= 4 is 10.0 Å². The van der Waals surface area contributed by atoms with Crippen molar-refractivity contribution in [3.63, 3.8) is 0 Å². The summed E-state index contributed by atoms with van der Waals surface area (Å²) in [6.45, 7) is 0.940. The Balaban J connectivity index is 1.83. The van der Waals surface area contributed by atoms with Gasteiger partial charge in [-0.05, 0) is 12.1 Å². The first-order chi connectivity index (χ1) is 10.1.